The summed E-state index contributed by atoms with van der Waals surface area (Å²) in [5, 5.41) is 0. The Morgan fingerprint density at radius 3 is 2.80 bits per heavy atom. The third-order valence-corrected chi connectivity index (χ3v) is 2.69. The van der Waals surface area contributed by atoms with Gasteiger partial charge in [-0.05, 0) is 13.8 Å². The van der Waals surface area contributed by atoms with Crippen LogP contribution in [0.15, 0.2) is 11.1 Å². The second kappa shape index (κ2) is 6.08. The van der Waals surface area contributed by atoms with Gasteiger partial charge in [0.2, 0.25) is 0 Å². The average Bonchev–Trinajstić information content (AvgIpc) is 1.87. The molecule has 0 bridgehead atoms. The van der Waals surface area contributed by atoms with Crippen molar-refractivity contribution in [1.82, 2.24) is 0 Å². The highest BCUT2D eigenvalue weighted by molar-refractivity contribution is 7.99. The fourth-order valence-electron chi connectivity index (χ4n) is 0.437. The zero-order chi connectivity index (χ0) is 7.98. The SMILES string of the molecule is CC(=CCl)CSCC(C)N. The van der Waals surface area contributed by atoms with Crippen LogP contribution < -0.4 is 5.73 Å². The van der Waals surface area contributed by atoms with Gasteiger partial charge in [0.15, 0.2) is 0 Å². The number of nitrogens with two attached hydrogens (primary N) is 1. The molecule has 0 aromatic heterocycles. The van der Waals surface area contributed by atoms with Crippen LogP contribution in [0, 0.1) is 0 Å². The lowest BCUT2D eigenvalue weighted by Gasteiger charge is -2.03. The summed E-state index contributed by atoms with van der Waals surface area (Å²) in [6, 6.07) is 0.285. The second-order valence-corrected chi connectivity index (χ2v) is 3.70. The summed E-state index contributed by atoms with van der Waals surface area (Å²) in [6.07, 6.45) is 0. The van der Waals surface area contributed by atoms with Crippen molar-refractivity contribution in [2.45, 2.75) is 19.9 Å². The Hall–Kier alpha value is 0.340. The molecular formula is C7H14ClNS. The zero-order valence-electron chi connectivity index (χ0n) is 6.43. The van der Waals surface area contributed by atoms with Crippen LogP contribution in [0.5, 0.6) is 0 Å². The van der Waals surface area contributed by atoms with Crippen LogP contribution in [-0.4, -0.2) is 17.5 Å². The maximum atomic E-state index is 5.55. The molecule has 60 valence electrons. The fourth-order valence-corrected chi connectivity index (χ4v) is 1.50. The molecule has 0 radical (unpaired) electrons. The average molecular weight is 180 g/mol. The molecule has 2 N–H and O–H groups in total. The van der Waals surface area contributed by atoms with Crippen molar-refractivity contribution in [2.75, 3.05) is 11.5 Å². The molecule has 0 aromatic rings. The Labute approximate surface area is 72.0 Å². The molecule has 0 fully saturated rings. The smallest absolute Gasteiger partial charge is 0.0152 e. The van der Waals surface area contributed by atoms with E-state index >= 15 is 0 Å². The molecule has 0 spiro atoms. The predicted octanol–water partition coefficient (Wildman–Crippen LogP) is 2.21. The lowest BCUT2D eigenvalue weighted by molar-refractivity contribution is 0.847. The van der Waals surface area contributed by atoms with Crippen molar-refractivity contribution in [1.29, 1.82) is 0 Å². The van der Waals surface area contributed by atoms with E-state index in [9.17, 15) is 0 Å². The minimum Gasteiger partial charge on any atom is -0.327 e. The minimum atomic E-state index is 0.285. The Bertz CT molecular complexity index is 112. The number of hydrogen-bond donors (Lipinski definition) is 1. The molecule has 0 amide bonds. The molecule has 1 nitrogen and oxygen atoms in total. The number of thioether (sulfide) groups is 1. The van der Waals surface area contributed by atoms with Crippen molar-refractivity contribution >= 4 is 23.4 Å². The molecule has 3 heteroatoms. The lowest BCUT2D eigenvalue weighted by Crippen LogP contribution is -2.17. The molecule has 0 rings (SSSR count). The van der Waals surface area contributed by atoms with Gasteiger partial charge in [0, 0.05) is 23.1 Å². The highest BCUT2D eigenvalue weighted by atomic mass is 35.5. The number of rotatable bonds is 4. The molecule has 0 aliphatic heterocycles. The first kappa shape index (κ1) is 10.3. The van der Waals surface area contributed by atoms with Gasteiger partial charge in [-0.1, -0.05) is 17.2 Å². The van der Waals surface area contributed by atoms with Crippen LogP contribution in [0.25, 0.3) is 0 Å². The fraction of sp³-hybridized carbons (Fsp3) is 0.714. The van der Waals surface area contributed by atoms with Crippen molar-refractivity contribution in [3.63, 3.8) is 0 Å². The molecule has 10 heavy (non-hydrogen) atoms. The van der Waals surface area contributed by atoms with Crippen LogP contribution in [0.2, 0.25) is 0 Å². The molecular weight excluding hydrogens is 166 g/mol. The van der Waals surface area contributed by atoms with Crippen molar-refractivity contribution in [3.05, 3.63) is 11.1 Å². The van der Waals surface area contributed by atoms with Gasteiger partial charge < -0.3 is 5.73 Å². The summed E-state index contributed by atoms with van der Waals surface area (Å²) in [6.45, 7) is 4.02. The first-order chi connectivity index (χ1) is 4.66. The van der Waals surface area contributed by atoms with Crippen LogP contribution >= 0.6 is 23.4 Å². The van der Waals surface area contributed by atoms with Crippen LogP contribution in [0.1, 0.15) is 13.8 Å². The third kappa shape index (κ3) is 6.46. The van der Waals surface area contributed by atoms with E-state index < -0.39 is 0 Å². The molecule has 0 aliphatic rings. The van der Waals surface area contributed by atoms with Crippen molar-refractivity contribution in [3.8, 4) is 0 Å². The first-order valence-corrected chi connectivity index (χ1v) is 4.85. The zero-order valence-corrected chi connectivity index (χ0v) is 8.00. The molecule has 0 saturated carbocycles. The van der Waals surface area contributed by atoms with E-state index in [0.29, 0.717) is 0 Å². The van der Waals surface area contributed by atoms with Gasteiger partial charge in [-0.15, -0.1) is 0 Å². The maximum Gasteiger partial charge on any atom is 0.0152 e. The van der Waals surface area contributed by atoms with Gasteiger partial charge in [-0.2, -0.15) is 11.8 Å². The Morgan fingerprint density at radius 2 is 2.40 bits per heavy atom. The summed E-state index contributed by atoms with van der Waals surface area (Å²) in [5.41, 5.74) is 8.37. The summed E-state index contributed by atoms with van der Waals surface area (Å²) >= 11 is 7.28. The molecule has 1 atom stereocenters. The van der Waals surface area contributed by atoms with E-state index in [1.807, 2.05) is 25.6 Å². The summed E-state index contributed by atoms with van der Waals surface area (Å²) in [5.74, 6) is 1.99. The van der Waals surface area contributed by atoms with Gasteiger partial charge in [0.1, 0.15) is 0 Å². The largest absolute Gasteiger partial charge is 0.327 e. The highest BCUT2D eigenvalue weighted by Gasteiger charge is 1.94. The molecule has 0 aliphatic carbocycles. The summed E-state index contributed by atoms with van der Waals surface area (Å²) in [7, 11) is 0. The van der Waals surface area contributed by atoms with E-state index in [-0.39, 0.29) is 6.04 Å². The van der Waals surface area contributed by atoms with Crippen molar-refractivity contribution < 1.29 is 0 Å². The Kier molecular flexibility index (Phi) is 6.28. The normalized spacial score (nSPS) is 15.4. The van der Waals surface area contributed by atoms with Gasteiger partial charge in [0.25, 0.3) is 0 Å². The number of halogens is 1. The molecule has 0 aromatic carbocycles. The summed E-state index contributed by atoms with van der Waals surface area (Å²) < 4.78 is 0. The molecule has 0 saturated heterocycles. The molecule has 1 unspecified atom stereocenters. The first-order valence-electron chi connectivity index (χ1n) is 3.26. The van der Waals surface area contributed by atoms with E-state index in [4.69, 9.17) is 17.3 Å². The number of hydrogen-bond acceptors (Lipinski definition) is 2. The van der Waals surface area contributed by atoms with E-state index in [1.165, 1.54) is 5.57 Å². The quantitative estimate of drug-likeness (QED) is 0.717. The predicted molar refractivity (Wildman–Crippen MR) is 50.6 cm³/mol. The van der Waals surface area contributed by atoms with Crippen molar-refractivity contribution in [2.24, 2.45) is 5.73 Å². The van der Waals surface area contributed by atoms with E-state index in [0.717, 1.165) is 11.5 Å². The monoisotopic (exact) mass is 179 g/mol. The second-order valence-electron chi connectivity index (χ2n) is 2.45. The Balaban J connectivity index is 3.20. The third-order valence-electron chi connectivity index (χ3n) is 0.897. The topological polar surface area (TPSA) is 26.0 Å². The standard InChI is InChI=1S/C7H14ClNS/c1-6(3-8)4-10-5-7(2)9/h3,7H,4-5,9H2,1-2H3. The highest BCUT2D eigenvalue weighted by Crippen LogP contribution is 2.08. The van der Waals surface area contributed by atoms with E-state index in [2.05, 4.69) is 0 Å². The maximum absolute atomic E-state index is 5.55. The van der Waals surface area contributed by atoms with Crippen LogP contribution in [0.4, 0.5) is 0 Å². The van der Waals surface area contributed by atoms with Gasteiger partial charge in [-0.3, -0.25) is 0 Å². The van der Waals surface area contributed by atoms with E-state index in [1.54, 1.807) is 5.54 Å². The summed E-state index contributed by atoms with van der Waals surface area (Å²) in [4.78, 5) is 0. The molecule has 0 heterocycles. The van der Waals surface area contributed by atoms with Gasteiger partial charge >= 0.3 is 0 Å². The van der Waals surface area contributed by atoms with Crippen LogP contribution in [-0.2, 0) is 0 Å². The van der Waals surface area contributed by atoms with Gasteiger partial charge in [-0.25, -0.2) is 0 Å². The lowest BCUT2D eigenvalue weighted by atomic mass is 10.4. The van der Waals surface area contributed by atoms with Gasteiger partial charge in [0.05, 0.1) is 0 Å². The van der Waals surface area contributed by atoms with Crippen LogP contribution in [0.3, 0.4) is 0 Å². The minimum absolute atomic E-state index is 0.285. The Morgan fingerprint density at radius 1 is 1.80 bits per heavy atom.